The number of sulfone groups is 1. The van der Waals surface area contributed by atoms with Crippen molar-refractivity contribution >= 4 is 27.3 Å². The molecule has 76 valence electrons. The van der Waals surface area contributed by atoms with Crippen LogP contribution in [0.15, 0.2) is 29.2 Å². The van der Waals surface area contributed by atoms with Crippen molar-refractivity contribution in [3.8, 4) is 0 Å². The lowest BCUT2D eigenvalue weighted by molar-refractivity contribution is 0.599. The van der Waals surface area contributed by atoms with E-state index in [0.717, 1.165) is 0 Å². The fourth-order valence-electron chi connectivity index (χ4n) is 0.930. The molecule has 3 N–H and O–H groups in total. The van der Waals surface area contributed by atoms with Crippen LogP contribution in [0.3, 0.4) is 0 Å². The van der Waals surface area contributed by atoms with E-state index in [1.165, 1.54) is 24.3 Å². The molecule has 1 aromatic carbocycles. The minimum Gasteiger partial charge on any atom is -0.387 e. The zero-order chi connectivity index (χ0) is 10.8. The number of halogens is 1. The maximum Gasteiger partial charge on any atom is 0.185 e. The third-order valence-corrected chi connectivity index (χ3v) is 3.45. The van der Waals surface area contributed by atoms with E-state index in [1.54, 1.807) is 0 Å². The fourth-order valence-corrected chi connectivity index (χ4v) is 2.18. The smallest absolute Gasteiger partial charge is 0.185 e. The number of amidine groups is 1. The Morgan fingerprint density at radius 3 is 2.29 bits per heavy atom. The molecule has 0 aliphatic heterocycles. The molecule has 1 aromatic rings. The molecule has 0 amide bonds. The third kappa shape index (κ3) is 2.71. The molecule has 0 bridgehead atoms. The van der Waals surface area contributed by atoms with Crippen LogP contribution in [-0.4, -0.2) is 20.0 Å². The summed E-state index contributed by atoms with van der Waals surface area (Å²) in [4.78, 5) is 0.122. The summed E-state index contributed by atoms with van der Waals surface area (Å²) in [6.45, 7) is 0. The Bertz CT molecular complexity index is 439. The zero-order valence-corrected chi connectivity index (χ0v) is 8.77. The minimum atomic E-state index is -3.48. The van der Waals surface area contributed by atoms with E-state index in [1.807, 2.05) is 0 Å². The van der Waals surface area contributed by atoms with Gasteiger partial charge in [0.25, 0.3) is 0 Å². The predicted molar refractivity (Wildman–Crippen MR) is 55.4 cm³/mol. The van der Waals surface area contributed by atoms with Crippen LogP contribution in [0.25, 0.3) is 0 Å². The van der Waals surface area contributed by atoms with Gasteiger partial charge >= 0.3 is 0 Å². The Kier molecular flexibility index (Phi) is 3.13. The Labute approximate surface area is 87.1 Å². The second-order valence-corrected chi connectivity index (χ2v) is 5.16. The first-order valence-corrected chi connectivity index (χ1v) is 5.76. The monoisotopic (exact) mass is 232 g/mol. The Morgan fingerprint density at radius 1 is 1.36 bits per heavy atom. The molecule has 0 fully saturated rings. The highest BCUT2D eigenvalue weighted by molar-refractivity contribution is 7.92. The van der Waals surface area contributed by atoms with E-state index >= 15 is 0 Å². The summed E-state index contributed by atoms with van der Waals surface area (Å²) in [6.07, 6.45) is 0. The van der Waals surface area contributed by atoms with E-state index in [2.05, 4.69) is 0 Å². The SMILES string of the molecule is N=C(N)CS(=O)(=O)c1ccc(Cl)cc1. The first-order valence-electron chi connectivity index (χ1n) is 3.73. The lowest BCUT2D eigenvalue weighted by Gasteiger charge is -2.02. The van der Waals surface area contributed by atoms with Crippen molar-refractivity contribution in [3.63, 3.8) is 0 Å². The van der Waals surface area contributed by atoms with Gasteiger partial charge in [-0.3, -0.25) is 5.41 Å². The normalized spacial score (nSPS) is 11.2. The van der Waals surface area contributed by atoms with Gasteiger partial charge in [-0.25, -0.2) is 8.42 Å². The minimum absolute atomic E-state index is 0.122. The predicted octanol–water partition coefficient (Wildman–Crippen LogP) is 1.05. The fraction of sp³-hybridized carbons (Fsp3) is 0.125. The molecular formula is C8H9ClN2O2S. The lowest BCUT2D eigenvalue weighted by Crippen LogP contribution is -2.22. The molecule has 0 radical (unpaired) electrons. The number of nitrogens with two attached hydrogens (primary N) is 1. The van der Waals surface area contributed by atoms with E-state index < -0.39 is 15.6 Å². The summed E-state index contributed by atoms with van der Waals surface area (Å²) in [7, 11) is -3.48. The van der Waals surface area contributed by atoms with Crippen molar-refractivity contribution in [2.75, 3.05) is 5.75 Å². The third-order valence-electron chi connectivity index (χ3n) is 1.52. The van der Waals surface area contributed by atoms with Crippen LogP contribution in [0.2, 0.25) is 5.02 Å². The summed E-state index contributed by atoms with van der Waals surface area (Å²) in [5.41, 5.74) is 5.02. The molecule has 0 aromatic heterocycles. The highest BCUT2D eigenvalue weighted by atomic mass is 35.5. The molecule has 0 spiro atoms. The van der Waals surface area contributed by atoms with Crippen LogP contribution in [0, 0.1) is 5.41 Å². The van der Waals surface area contributed by atoms with Crippen molar-refractivity contribution < 1.29 is 8.42 Å². The quantitative estimate of drug-likeness (QED) is 0.604. The average Bonchev–Trinajstić information content (AvgIpc) is 2.02. The molecule has 0 aliphatic rings. The maximum absolute atomic E-state index is 11.5. The van der Waals surface area contributed by atoms with Crippen LogP contribution in [-0.2, 0) is 9.84 Å². The number of nitrogens with one attached hydrogen (secondary N) is 1. The van der Waals surface area contributed by atoms with Gasteiger partial charge in [0.2, 0.25) is 0 Å². The first-order chi connectivity index (χ1) is 6.42. The summed E-state index contributed by atoms with van der Waals surface area (Å²) in [6, 6.07) is 5.74. The van der Waals surface area contributed by atoms with E-state index in [9.17, 15) is 8.42 Å². The van der Waals surface area contributed by atoms with Crippen LogP contribution in [0.5, 0.6) is 0 Å². The van der Waals surface area contributed by atoms with Gasteiger partial charge in [-0.15, -0.1) is 0 Å². The van der Waals surface area contributed by atoms with Crippen molar-refractivity contribution in [3.05, 3.63) is 29.3 Å². The maximum atomic E-state index is 11.5. The van der Waals surface area contributed by atoms with Crippen molar-refractivity contribution in [1.82, 2.24) is 0 Å². The molecule has 4 nitrogen and oxygen atoms in total. The molecule has 0 heterocycles. The van der Waals surface area contributed by atoms with Crippen LogP contribution in [0.4, 0.5) is 0 Å². The van der Waals surface area contributed by atoms with Gasteiger partial charge in [0, 0.05) is 5.02 Å². The standard InChI is InChI=1S/C8H9ClN2O2S/c9-6-1-3-7(4-2-6)14(12,13)5-8(10)11/h1-4H,5H2,(H3,10,11). The van der Waals surface area contributed by atoms with Gasteiger partial charge in [-0.1, -0.05) is 11.6 Å². The Balaban J connectivity index is 3.05. The molecule has 1 rings (SSSR count). The van der Waals surface area contributed by atoms with Gasteiger partial charge < -0.3 is 5.73 Å². The molecule has 6 heteroatoms. The molecule has 0 atom stereocenters. The summed E-state index contributed by atoms with van der Waals surface area (Å²) in [5.74, 6) is -0.839. The van der Waals surface area contributed by atoms with Gasteiger partial charge in [-0.2, -0.15) is 0 Å². The largest absolute Gasteiger partial charge is 0.387 e. The number of hydrogen-bond acceptors (Lipinski definition) is 3. The first kappa shape index (κ1) is 11.0. The van der Waals surface area contributed by atoms with Gasteiger partial charge in [0.05, 0.1) is 4.90 Å². The summed E-state index contributed by atoms with van der Waals surface area (Å²) < 4.78 is 23.0. The molecule has 14 heavy (non-hydrogen) atoms. The van der Waals surface area contributed by atoms with Crippen molar-refractivity contribution in [2.24, 2.45) is 5.73 Å². The van der Waals surface area contributed by atoms with Gasteiger partial charge in [0.1, 0.15) is 11.6 Å². The van der Waals surface area contributed by atoms with Crippen molar-refractivity contribution in [2.45, 2.75) is 4.90 Å². The van der Waals surface area contributed by atoms with Crippen LogP contribution in [0.1, 0.15) is 0 Å². The molecule has 0 saturated carbocycles. The van der Waals surface area contributed by atoms with Gasteiger partial charge in [-0.05, 0) is 24.3 Å². The Morgan fingerprint density at radius 2 is 1.86 bits per heavy atom. The van der Waals surface area contributed by atoms with E-state index in [-0.39, 0.29) is 10.7 Å². The second-order valence-electron chi connectivity index (χ2n) is 2.74. The summed E-state index contributed by atoms with van der Waals surface area (Å²) >= 11 is 5.61. The number of rotatable bonds is 3. The lowest BCUT2D eigenvalue weighted by atomic mass is 10.4. The number of hydrogen-bond donors (Lipinski definition) is 2. The van der Waals surface area contributed by atoms with Gasteiger partial charge in [0.15, 0.2) is 9.84 Å². The van der Waals surface area contributed by atoms with Crippen LogP contribution < -0.4 is 5.73 Å². The summed E-state index contributed by atoms with van der Waals surface area (Å²) in [5, 5.41) is 7.38. The molecule has 0 aliphatic carbocycles. The molecule has 0 saturated heterocycles. The average molecular weight is 233 g/mol. The highest BCUT2D eigenvalue weighted by Gasteiger charge is 2.15. The van der Waals surface area contributed by atoms with E-state index in [0.29, 0.717) is 5.02 Å². The topological polar surface area (TPSA) is 84.0 Å². The number of benzene rings is 1. The molecular weight excluding hydrogens is 224 g/mol. The van der Waals surface area contributed by atoms with Crippen LogP contribution >= 0.6 is 11.6 Å². The Hall–Kier alpha value is -1.07. The highest BCUT2D eigenvalue weighted by Crippen LogP contribution is 2.14. The zero-order valence-electron chi connectivity index (χ0n) is 7.20. The second kappa shape index (κ2) is 3.98. The van der Waals surface area contributed by atoms with E-state index in [4.69, 9.17) is 22.7 Å². The van der Waals surface area contributed by atoms with Crippen molar-refractivity contribution in [1.29, 1.82) is 5.41 Å². The molecule has 0 unspecified atom stereocenters.